The Hall–Kier alpha value is -3.41. The lowest BCUT2D eigenvalue weighted by Gasteiger charge is -2.18. The number of amides is 3. The number of ketones is 1. The average molecular weight is 388 g/mol. The number of urea groups is 1. The summed E-state index contributed by atoms with van der Waals surface area (Å²) in [5.41, 5.74) is 2.28. The monoisotopic (exact) mass is 388 g/mol. The van der Waals surface area contributed by atoms with E-state index in [4.69, 9.17) is 4.42 Å². The Morgan fingerprint density at radius 2 is 1.90 bits per heavy atom. The number of para-hydroxylation sites is 1. The molecule has 5 rings (SSSR count). The van der Waals surface area contributed by atoms with Crippen molar-refractivity contribution in [3.63, 3.8) is 0 Å². The van der Waals surface area contributed by atoms with Gasteiger partial charge in [-0.25, -0.2) is 4.79 Å². The fourth-order valence-electron chi connectivity index (χ4n) is 4.22. The molecular weight excluding hydrogens is 368 g/mol. The van der Waals surface area contributed by atoms with Gasteiger partial charge >= 0.3 is 6.03 Å². The van der Waals surface area contributed by atoms with E-state index in [1.165, 1.54) is 11.1 Å². The van der Waals surface area contributed by atoms with Crippen molar-refractivity contribution >= 4 is 28.7 Å². The Bertz CT molecular complexity index is 1150. The number of carbonyl (C=O) groups is 3. The Kier molecular flexibility index (Phi) is 3.84. The molecule has 0 bridgehead atoms. The van der Waals surface area contributed by atoms with Gasteiger partial charge < -0.3 is 9.73 Å². The van der Waals surface area contributed by atoms with Crippen LogP contribution in [0, 0.1) is 0 Å². The molecule has 0 spiro atoms. The lowest BCUT2D eigenvalue weighted by Crippen LogP contribution is -2.41. The Morgan fingerprint density at radius 3 is 2.72 bits per heavy atom. The van der Waals surface area contributed by atoms with Crippen LogP contribution in [0.25, 0.3) is 11.0 Å². The molecule has 1 aliphatic heterocycles. The van der Waals surface area contributed by atoms with E-state index in [1.807, 2.05) is 30.3 Å². The molecule has 1 unspecified atom stereocenters. The summed E-state index contributed by atoms with van der Waals surface area (Å²) in [5, 5.41) is 3.54. The SMILES string of the molecule is CC1(c2cc3ccccc3o2)NC(=O)N(CC(=O)c2ccc3c(c2)CCC3)C1=O. The first-order valence-corrected chi connectivity index (χ1v) is 9.74. The minimum Gasteiger partial charge on any atom is -0.458 e. The molecule has 1 saturated heterocycles. The summed E-state index contributed by atoms with van der Waals surface area (Å²) in [6.07, 6.45) is 3.09. The summed E-state index contributed by atoms with van der Waals surface area (Å²) >= 11 is 0. The van der Waals surface area contributed by atoms with E-state index < -0.39 is 17.5 Å². The number of carbonyl (C=O) groups excluding carboxylic acids is 3. The third kappa shape index (κ3) is 2.75. The molecule has 3 aromatic rings. The Balaban J connectivity index is 1.41. The summed E-state index contributed by atoms with van der Waals surface area (Å²) in [6.45, 7) is 1.31. The number of furan rings is 1. The van der Waals surface area contributed by atoms with Gasteiger partial charge in [0.25, 0.3) is 5.91 Å². The van der Waals surface area contributed by atoms with Gasteiger partial charge in [-0.2, -0.15) is 0 Å². The molecule has 1 fully saturated rings. The van der Waals surface area contributed by atoms with E-state index in [9.17, 15) is 14.4 Å². The first kappa shape index (κ1) is 17.7. The van der Waals surface area contributed by atoms with Crippen molar-refractivity contribution in [2.24, 2.45) is 0 Å². The van der Waals surface area contributed by atoms with Gasteiger partial charge in [-0.05, 0) is 55.5 Å². The number of rotatable bonds is 4. The maximum Gasteiger partial charge on any atom is 0.325 e. The van der Waals surface area contributed by atoms with E-state index in [-0.39, 0.29) is 12.3 Å². The lowest BCUT2D eigenvalue weighted by atomic mass is 9.98. The van der Waals surface area contributed by atoms with Crippen LogP contribution in [0.15, 0.2) is 52.9 Å². The van der Waals surface area contributed by atoms with Crippen LogP contribution in [0.2, 0.25) is 0 Å². The van der Waals surface area contributed by atoms with E-state index >= 15 is 0 Å². The van der Waals surface area contributed by atoms with Crippen LogP contribution in [0.4, 0.5) is 4.79 Å². The number of fused-ring (bicyclic) bond motifs is 2. The van der Waals surface area contributed by atoms with Crippen molar-refractivity contribution in [1.29, 1.82) is 0 Å². The van der Waals surface area contributed by atoms with E-state index in [1.54, 1.807) is 25.1 Å². The predicted octanol–water partition coefficient (Wildman–Crippen LogP) is 3.57. The normalized spacial score (nSPS) is 20.9. The van der Waals surface area contributed by atoms with Crippen LogP contribution >= 0.6 is 0 Å². The van der Waals surface area contributed by atoms with Crippen molar-refractivity contribution in [3.8, 4) is 0 Å². The second kappa shape index (κ2) is 6.30. The molecule has 1 aliphatic carbocycles. The van der Waals surface area contributed by atoms with Gasteiger partial charge in [0.15, 0.2) is 11.3 Å². The minimum absolute atomic E-state index is 0.253. The number of benzene rings is 2. The van der Waals surface area contributed by atoms with Crippen molar-refractivity contribution < 1.29 is 18.8 Å². The molecule has 6 nitrogen and oxygen atoms in total. The number of imide groups is 1. The van der Waals surface area contributed by atoms with Gasteiger partial charge in [0.1, 0.15) is 11.3 Å². The quantitative estimate of drug-likeness (QED) is 0.547. The highest BCUT2D eigenvalue weighted by Crippen LogP contribution is 2.33. The number of hydrogen-bond acceptors (Lipinski definition) is 4. The van der Waals surface area contributed by atoms with Crippen LogP contribution in [-0.2, 0) is 23.2 Å². The first-order valence-electron chi connectivity index (χ1n) is 9.74. The highest BCUT2D eigenvalue weighted by atomic mass is 16.3. The highest BCUT2D eigenvalue weighted by Gasteiger charge is 2.51. The Morgan fingerprint density at radius 1 is 1.10 bits per heavy atom. The van der Waals surface area contributed by atoms with Gasteiger partial charge in [0.05, 0.1) is 6.54 Å². The van der Waals surface area contributed by atoms with Gasteiger partial charge in [0, 0.05) is 10.9 Å². The molecule has 2 heterocycles. The summed E-state index contributed by atoms with van der Waals surface area (Å²) in [4.78, 5) is 39.4. The summed E-state index contributed by atoms with van der Waals surface area (Å²) in [7, 11) is 0. The van der Waals surface area contributed by atoms with Crippen molar-refractivity contribution in [1.82, 2.24) is 10.2 Å². The van der Waals surface area contributed by atoms with E-state index in [0.717, 1.165) is 29.5 Å². The van der Waals surface area contributed by atoms with E-state index in [2.05, 4.69) is 5.32 Å². The standard InChI is InChI=1S/C23H20N2O4/c1-23(20-12-17-5-2-3-8-19(17)29-20)21(27)25(22(28)24-23)13-18(26)16-10-9-14-6-4-7-15(14)11-16/h2-3,5,8-12H,4,6-7,13H2,1H3,(H,24,28). The molecule has 6 heteroatoms. The predicted molar refractivity (Wildman–Crippen MR) is 107 cm³/mol. The molecule has 1 atom stereocenters. The fourth-order valence-corrected chi connectivity index (χ4v) is 4.22. The van der Waals surface area contributed by atoms with Gasteiger partial charge in [0.2, 0.25) is 0 Å². The molecular formula is C23H20N2O4. The number of nitrogens with zero attached hydrogens (tertiary/aromatic N) is 1. The van der Waals surface area contributed by atoms with Crippen LogP contribution in [0.1, 0.15) is 40.6 Å². The van der Waals surface area contributed by atoms with Crippen molar-refractivity contribution in [2.75, 3.05) is 6.54 Å². The summed E-state index contributed by atoms with van der Waals surface area (Å²) in [5.74, 6) is -0.391. The van der Waals surface area contributed by atoms with Gasteiger partial charge in [-0.1, -0.05) is 30.3 Å². The molecule has 3 amide bonds. The average Bonchev–Trinajstić information content (AvgIpc) is 3.41. The molecule has 2 aliphatic rings. The topological polar surface area (TPSA) is 79.6 Å². The molecule has 146 valence electrons. The van der Waals surface area contributed by atoms with Crippen LogP contribution in [-0.4, -0.2) is 29.2 Å². The highest BCUT2D eigenvalue weighted by molar-refractivity contribution is 6.11. The number of hydrogen-bond donors (Lipinski definition) is 1. The van der Waals surface area contributed by atoms with Gasteiger partial charge in [-0.15, -0.1) is 0 Å². The molecule has 29 heavy (non-hydrogen) atoms. The lowest BCUT2D eigenvalue weighted by molar-refractivity contribution is -0.131. The number of nitrogens with one attached hydrogen (secondary N) is 1. The zero-order valence-corrected chi connectivity index (χ0v) is 16.0. The minimum atomic E-state index is -1.34. The van der Waals surface area contributed by atoms with Crippen molar-refractivity contribution in [2.45, 2.75) is 31.7 Å². The third-order valence-electron chi connectivity index (χ3n) is 5.92. The molecule has 0 radical (unpaired) electrons. The molecule has 1 aromatic heterocycles. The fraction of sp³-hybridized carbons (Fsp3) is 0.261. The van der Waals surface area contributed by atoms with Crippen LogP contribution in [0.3, 0.4) is 0 Å². The van der Waals surface area contributed by atoms with Crippen molar-refractivity contribution in [3.05, 3.63) is 71.0 Å². The molecule has 1 N–H and O–H groups in total. The zero-order chi connectivity index (χ0) is 20.2. The second-order valence-electron chi connectivity index (χ2n) is 7.86. The summed E-state index contributed by atoms with van der Waals surface area (Å²) < 4.78 is 5.81. The zero-order valence-electron chi connectivity index (χ0n) is 16.0. The smallest absolute Gasteiger partial charge is 0.325 e. The maximum atomic E-state index is 13.1. The maximum absolute atomic E-state index is 13.1. The molecule has 0 saturated carbocycles. The van der Waals surface area contributed by atoms with Crippen LogP contribution < -0.4 is 5.32 Å². The summed E-state index contributed by atoms with van der Waals surface area (Å²) in [6, 6.07) is 14.2. The first-order chi connectivity index (χ1) is 14.0. The van der Waals surface area contributed by atoms with E-state index in [0.29, 0.717) is 16.9 Å². The third-order valence-corrected chi connectivity index (χ3v) is 5.92. The largest absolute Gasteiger partial charge is 0.458 e. The second-order valence-corrected chi connectivity index (χ2v) is 7.86. The van der Waals surface area contributed by atoms with Crippen LogP contribution in [0.5, 0.6) is 0 Å². The molecule has 2 aromatic carbocycles. The Labute approximate surface area is 167 Å². The van der Waals surface area contributed by atoms with Gasteiger partial charge in [-0.3, -0.25) is 14.5 Å². The number of Topliss-reactive ketones (excluding diaryl/α,β-unsaturated/α-hetero) is 1. The number of aryl methyl sites for hydroxylation is 2.